The molecule has 9 heteroatoms. The van der Waals surface area contributed by atoms with Gasteiger partial charge in [-0.05, 0) is 80.2 Å². The van der Waals surface area contributed by atoms with Crippen LogP contribution in [-0.4, -0.2) is 98.4 Å². The summed E-state index contributed by atoms with van der Waals surface area (Å²) in [4.78, 5) is 22.5. The van der Waals surface area contributed by atoms with Crippen LogP contribution in [0.3, 0.4) is 0 Å². The van der Waals surface area contributed by atoms with Crippen LogP contribution >= 0.6 is 0 Å². The van der Waals surface area contributed by atoms with Crippen molar-refractivity contribution >= 4 is 28.3 Å². The molecule has 0 spiro atoms. The highest BCUT2D eigenvalue weighted by atomic mass is 32.2. The van der Waals surface area contributed by atoms with E-state index in [0.29, 0.717) is 4.90 Å². The van der Waals surface area contributed by atoms with E-state index in [1.54, 1.807) is 7.11 Å². The number of ether oxygens (including phenoxy) is 1. The summed E-state index contributed by atoms with van der Waals surface area (Å²) < 4.78 is 22.0. The Morgan fingerprint density at radius 2 is 1.48 bits per heavy atom. The fraction of sp³-hybridized carbons (Fsp3) is 0.387. The zero-order valence-electron chi connectivity index (χ0n) is 23.9. The lowest BCUT2D eigenvalue weighted by Gasteiger charge is -2.34. The SMILES string of the molecule is COc1ccc(NS(=O)c2ccc(-c3ccc(C(=O)N4CCN(C)CC4)cc3C)cc2)cc1N1CCN(C)CC1. The minimum absolute atomic E-state index is 0.0916. The van der Waals surface area contributed by atoms with Crippen molar-refractivity contribution in [3.8, 4) is 16.9 Å². The lowest BCUT2D eigenvalue weighted by molar-refractivity contribution is 0.0664. The van der Waals surface area contributed by atoms with Gasteiger partial charge >= 0.3 is 0 Å². The van der Waals surface area contributed by atoms with Crippen molar-refractivity contribution in [2.45, 2.75) is 11.8 Å². The molecule has 0 radical (unpaired) electrons. The number of methoxy groups -OCH3 is 1. The Balaban J connectivity index is 1.26. The highest BCUT2D eigenvalue weighted by Gasteiger charge is 2.21. The predicted octanol–water partition coefficient (Wildman–Crippen LogP) is 3.94. The molecular formula is C31H39N5O3S. The largest absolute Gasteiger partial charge is 0.495 e. The van der Waals surface area contributed by atoms with E-state index in [-0.39, 0.29) is 5.91 Å². The first kappa shape index (κ1) is 28.1. The van der Waals surface area contributed by atoms with Crippen LogP contribution in [0.4, 0.5) is 11.4 Å². The van der Waals surface area contributed by atoms with Gasteiger partial charge in [0.05, 0.1) is 17.7 Å². The third-order valence-electron chi connectivity index (χ3n) is 7.88. The van der Waals surface area contributed by atoms with Crippen molar-refractivity contribution in [2.75, 3.05) is 83.2 Å². The van der Waals surface area contributed by atoms with Gasteiger partial charge in [-0.3, -0.25) is 4.79 Å². The van der Waals surface area contributed by atoms with Gasteiger partial charge in [0.15, 0.2) is 0 Å². The number of anilines is 2. The molecule has 1 N–H and O–H groups in total. The van der Waals surface area contributed by atoms with E-state index in [2.05, 4.69) is 33.5 Å². The minimum atomic E-state index is -1.42. The second-order valence-corrected chi connectivity index (χ2v) is 11.9. The first-order valence-electron chi connectivity index (χ1n) is 13.8. The molecule has 1 atom stereocenters. The molecule has 40 heavy (non-hydrogen) atoms. The maximum atomic E-state index is 13.2. The average molecular weight is 562 g/mol. The van der Waals surface area contributed by atoms with E-state index < -0.39 is 11.0 Å². The number of benzene rings is 3. The number of amides is 1. The van der Waals surface area contributed by atoms with Crippen LogP contribution in [0.2, 0.25) is 0 Å². The Morgan fingerprint density at radius 3 is 2.10 bits per heavy atom. The van der Waals surface area contributed by atoms with Crippen LogP contribution in [0.25, 0.3) is 11.1 Å². The zero-order chi connectivity index (χ0) is 28.2. The second-order valence-electron chi connectivity index (χ2n) is 10.7. The van der Waals surface area contributed by atoms with Gasteiger partial charge in [0.2, 0.25) is 0 Å². The Morgan fingerprint density at radius 1 is 0.825 bits per heavy atom. The summed E-state index contributed by atoms with van der Waals surface area (Å²) >= 11 is 0. The van der Waals surface area contributed by atoms with E-state index in [0.717, 1.165) is 91.7 Å². The number of piperazine rings is 2. The molecular weight excluding hydrogens is 522 g/mol. The first-order valence-corrected chi connectivity index (χ1v) is 15.0. The molecule has 2 saturated heterocycles. The van der Waals surface area contributed by atoms with Crippen molar-refractivity contribution in [3.05, 3.63) is 71.8 Å². The van der Waals surface area contributed by atoms with E-state index in [9.17, 15) is 9.00 Å². The van der Waals surface area contributed by atoms with Crippen molar-refractivity contribution in [1.29, 1.82) is 0 Å². The van der Waals surface area contributed by atoms with Gasteiger partial charge in [-0.2, -0.15) is 0 Å². The molecule has 2 aliphatic rings. The number of nitrogens with zero attached hydrogens (tertiary/aromatic N) is 4. The molecule has 2 aliphatic heterocycles. The summed E-state index contributed by atoms with van der Waals surface area (Å²) in [5.74, 6) is 0.908. The summed E-state index contributed by atoms with van der Waals surface area (Å²) in [5, 5.41) is 0. The molecule has 0 bridgehead atoms. The molecule has 1 unspecified atom stereocenters. The maximum Gasteiger partial charge on any atom is 0.253 e. The van der Waals surface area contributed by atoms with Crippen molar-refractivity contribution in [2.24, 2.45) is 0 Å². The van der Waals surface area contributed by atoms with Gasteiger partial charge in [-0.15, -0.1) is 0 Å². The molecule has 212 valence electrons. The Kier molecular flexibility index (Phi) is 8.73. The minimum Gasteiger partial charge on any atom is -0.495 e. The summed E-state index contributed by atoms with van der Waals surface area (Å²) in [5.41, 5.74) is 5.65. The quantitative estimate of drug-likeness (QED) is 0.471. The molecule has 0 aliphatic carbocycles. The van der Waals surface area contributed by atoms with Crippen LogP contribution < -0.4 is 14.4 Å². The fourth-order valence-electron chi connectivity index (χ4n) is 5.28. The molecule has 1 amide bonds. The lowest BCUT2D eigenvalue weighted by atomic mass is 9.98. The first-order chi connectivity index (χ1) is 19.3. The number of hydrogen-bond donors (Lipinski definition) is 1. The molecule has 2 fully saturated rings. The van der Waals surface area contributed by atoms with Crippen LogP contribution in [0.1, 0.15) is 15.9 Å². The molecule has 5 rings (SSSR count). The van der Waals surface area contributed by atoms with Crippen LogP contribution in [0.15, 0.2) is 65.6 Å². The van der Waals surface area contributed by atoms with E-state index >= 15 is 0 Å². The number of aryl methyl sites for hydroxylation is 1. The molecule has 3 aromatic rings. The third-order valence-corrected chi connectivity index (χ3v) is 9.00. The second kappa shape index (κ2) is 12.4. The van der Waals surface area contributed by atoms with Crippen molar-refractivity contribution in [3.63, 3.8) is 0 Å². The van der Waals surface area contributed by atoms with E-state index in [1.165, 1.54) is 0 Å². The van der Waals surface area contributed by atoms with Gasteiger partial charge in [0.25, 0.3) is 5.91 Å². The maximum absolute atomic E-state index is 13.2. The number of carbonyl (C=O) groups excluding carboxylic acids is 1. The summed E-state index contributed by atoms with van der Waals surface area (Å²) in [7, 11) is 4.48. The Labute approximate surface area is 240 Å². The van der Waals surface area contributed by atoms with Gasteiger partial charge < -0.3 is 29.1 Å². The molecule has 2 heterocycles. The van der Waals surface area contributed by atoms with Crippen molar-refractivity contribution < 1.29 is 13.7 Å². The molecule has 8 nitrogen and oxygen atoms in total. The summed E-state index contributed by atoms with van der Waals surface area (Å²) in [6.07, 6.45) is 0. The van der Waals surface area contributed by atoms with E-state index in [4.69, 9.17) is 4.74 Å². The van der Waals surface area contributed by atoms with Crippen LogP contribution in [0.5, 0.6) is 5.75 Å². The highest BCUT2D eigenvalue weighted by molar-refractivity contribution is 7.86. The fourth-order valence-corrected chi connectivity index (χ4v) is 6.13. The van der Waals surface area contributed by atoms with Crippen LogP contribution in [0, 0.1) is 6.92 Å². The van der Waals surface area contributed by atoms with Crippen molar-refractivity contribution in [1.82, 2.24) is 14.7 Å². The normalized spacial score (nSPS) is 17.5. The average Bonchev–Trinajstić information content (AvgIpc) is 2.97. The summed E-state index contributed by atoms with van der Waals surface area (Å²) in [6.45, 7) is 9.19. The van der Waals surface area contributed by atoms with Gasteiger partial charge in [0, 0.05) is 63.6 Å². The molecule has 0 saturated carbocycles. The number of hydrogen-bond acceptors (Lipinski definition) is 6. The van der Waals surface area contributed by atoms with Gasteiger partial charge in [-0.25, -0.2) is 4.21 Å². The third kappa shape index (κ3) is 6.32. The number of likely N-dealkylation sites (N-methyl/N-ethyl adjacent to an activating group) is 2. The number of carbonyl (C=O) groups is 1. The Hall–Kier alpha value is -3.40. The smallest absolute Gasteiger partial charge is 0.253 e. The number of nitrogens with one attached hydrogen (secondary N) is 1. The highest BCUT2D eigenvalue weighted by Crippen LogP contribution is 2.33. The van der Waals surface area contributed by atoms with Crippen LogP contribution in [-0.2, 0) is 11.0 Å². The standard InChI is InChI=1S/C31H39N5O3S/c1-23-21-25(31(37)36-19-15-34(3)16-20-36)7-11-28(23)24-5-9-27(10-6-24)40(38)32-26-8-12-30(39-4)29(22-26)35-17-13-33(2)14-18-35/h5-12,21-22,32H,13-20H2,1-4H3. The molecule has 3 aromatic carbocycles. The van der Waals surface area contributed by atoms with Gasteiger partial charge in [-0.1, -0.05) is 18.2 Å². The monoisotopic (exact) mass is 561 g/mol. The lowest BCUT2D eigenvalue weighted by Crippen LogP contribution is -2.47. The zero-order valence-corrected chi connectivity index (χ0v) is 24.7. The topological polar surface area (TPSA) is 68.4 Å². The summed E-state index contributed by atoms with van der Waals surface area (Å²) in [6, 6.07) is 19.5. The number of rotatable bonds is 7. The van der Waals surface area contributed by atoms with Gasteiger partial charge in [0.1, 0.15) is 16.7 Å². The molecule has 0 aromatic heterocycles. The van der Waals surface area contributed by atoms with E-state index in [1.807, 2.05) is 72.5 Å². The Bertz CT molecular complexity index is 1360. The predicted molar refractivity (Wildman–Crippen MR) is 163 cm³/mol.